The summed E-state index contributed by atoms with van der Waals surface area (Å²) in [7, 11) is 0. The van der Waals surface area contributed by atoms with Gasteiger partial charge in [0.15, 0.2) is 0 Å². The molecule has 0 aliphatic rings. The maximum Gasteiger partial charge on any atom is 0.242 e. The highest BCUT2D eigenvalue weighted by Gasteiger charge is 2.21. The van der Waals surface area contributed by atoms with Crippen molar-refractivity contribution in [2.45, 2.75) is 78.3 Å². The second kappa shape index (κ2) is 14.8. The SMILES string of the molecule is CCCCCCCCC(=O)N(CCC)CC(=O)N(Cc1ccccc1)Cc1cccs1. The lowest BCUT2D eigenvalue weighted by Gasteiger charge is -2.27. The summed E-state index contributed by atoms with van der Waals surface area (Å²) >= 11 is 1.66. The number of carbonyl (C=O) groups excluding carboxylic acids is 2. The molecule has 170 valence electrons. The summed E-state index contributed by atoms with van der Waals surface area (Å²) < 4.78 is 0. The highest BCUT2D eigenvalue weighted by molar-refractivity contribution is 7.09. The van der Waals surface area contributed by atoms with Crippen molar-refractivity contribution in [3.05, 3.63) is 58.3 Å². The second-order valence-corrected chi connectivity index (χ2v) is 9.18. The number of thiophene rings is 1. The van der Waals surface area contributed by atoms with Gasteiger partial charge in [0, 0.05) is 24.4 Å². The summed E-state index contributed by atoms with van der Waals surface area (Å²) in [4.78, 5) is 30.9. The number of carbonyl (C=O) groups is 2. The Kier molecular flexibility index (Phi) is 12.0. The summed E-state index contributed by atoms with van der Waals surface area (Å²) in [6.07, 6.45) is 8.36. The van der Waals surface area contributed by atoms with Gasteiger partial charge in [-0.3, -0.25) is 9.59 Å². The molecule has 2 aromatic rings. The molecule has 0 spiro atoms. The van der Waals surface area contributed by atoms with Crippen LogP contribution in [0.25, 0.3) is 0 Å². The van der Waals surface area contributed by atoms with Gasteiger partial charge in [0.05, 0.1) is 13.1 Å². The van der Waals surface area contributed by atoms with Gasteiger partial charge < -0.3 is 9.80 Å². The normalized spacial score (nSPS) is 10.8. The molecule has 0 saturated heterocycles. The first-order valence-electron chi connectivity index (χ1n) is 11.8. The first kappa shape index (κ1) is 25.1. The highest BCUT2D eigenvalue weighted by Crippen LogP contribution is 2.16. The fraction of sp³-hybridized carbons (Fsp3) is 0.538. The fourth-order valence-corrected chi connectivity index (χ4v) is 4.39. The maximum absolute atomic E-state index is 13.2. The maximum atomic E-state index is 13.2. The Balaban J connectivity index is 1.95. The van der Waals surface area contributed by atoms with E-state index >= 15 is 0 Å². The molecule has 0 bridgehead atoms. The number of unbranched alkanes of at least 4 members (excludes halogenated alkanes) is 5. The van der Waals surface area contributed by atoms with Crippen LogP contribution in [0.15, 0.2) is 47.8 Å². The highest BCUT2D eigenvalue weighted by atomic mass is 32.1. The molecule has 4 nitrogen and oxygen atoms in total. The third-order valence-corrected chi connectivity index (χ3v) is 6.27. The molecule has 0 atom stereocenters. The number of amides is 2. The Morgan fingerprint density at radius 1 is 0.774 bits per heavy atom. The van der Waals surface area contributed by atoms with Crippen molar-refractivity contribution in [2.24, 2.45) is 0 Å². The summed E-state index contributed by atoms with van der Waals surface area (Å²) in [6.45, 7) is 6.21. The smallest absolute Gasteiger partial charge is 0.242 e. The largest absolute Gasteiger partial charge is 0.333 e. The Morgan fingerprint density at radius 3 is 2.19 bits per heavy atom. The van der Waals surface area contributed by atoms with E-state index in [0.29, 0.717) is 26.1 Å². The zero-order chi connectivity index (χ0) is 22.3. The van der Waals surface area contributed by atoms with E-state index in [1.807, 2.05) is 46.7 Å². The third kappa shape index (κ3) is 9.69. The van der Waals surface area contributed by atoms with Crippen LogP contribution in [-0.2, 0) is 22.7 Å². The Morgan fingerprint density at radius 2 is 1.52 bits per heavy atom. The van der Waals surface area contributed by atoms with Crippen LogP contribution in [0.2, 0.25) is 0 Å². The lowest BCUT2D eigenvalue weighted by molar-refractivity contribution is -0.141. The molecule has 0 radical (unpaired) electrons. The summed E-state index contributed by atoms with van der Waals surface area (Å²) in [6, 6.07) is 14.1. The predicted molar refractivity (Wildman–Crippen MR) is 130 cm³/mol. The van der Waals surface area contributed by atoms with Crippen LogP contribution in [0.3, 0.4) is 0 Å². The molecular weight excluding hydrogens is 404 g/mol. The molecule has 5 heteroatoms. The number of rotatable bonds is 15. The van der Waals surface area contributed by atoms with Crippen LogP contribution in [0, 0.1) is 0 Å². The minimum Gasteiger partial charge on any atom is -0.333 e. The fourth-order valence-electron chi connectivity index (χ4n) is 3.67. The second-order valence-electron chi connectivity index (χ2n) is 8.15. The average molecular weight is 443 g/mol. The molecule has 0 saturated carbocycles. The predicted octanol–water partition coefficient (Wildman–Crippen LogP) is 6.27. The van der Waals surface area contributed by atoms with Gasteiger partial charge >= 0.3 is 0 Å². The van der Waals surface area contributed by atoms with Crippen LogP contribution in [0.1, 0.15) is 75.7 Å². The van der Waals surface area contributed by atoms with E-state index in [2.05, 4.69) is 19.9 Å². The van der Waals surface area contributed by atoms with E-state index in [1.54, 1.807) is 16.2 Å². The van der Waals surface area contributed by atoms with Crippen molar-refractivity contribution in [3.8, 4) is 0 Å². The third-order valence-electron chi connectivity index (χ3n) is 5.41. The van der Waals surface area contributed by atoms with E-state index in [0.717, 1.165) is 29.7 Å². The topological polar surface area (TPSA) is 40.6 Å². The molecule has 2 rings (SSSR count). The summed E-state index contributed by atoms with van der Waals surface area (Å²) in [5.74, 6) is 0.128. The monoisotopic (exact) mass is 442 g/mol. The van der Waals surface area contributed by atoms with Crippen molar-refractivity contribution in [3.63, 3.8) is 0 Å². The van der Waals surface area contributed by atoms with Crippen LogP contribution in [0.4, 0.5) is 0 Å². The van der Waals surface area contributed by atoms with E-state index in [1.165, 1.54) is 25.7 Å². The van der Waals surface area contributed by atoms with E-state index in [4.69, 9.17) is 0 Å². The molecule has 1 aromatic heterocycles. The zero-order valence-corrected chi connectivity index (χ0v) is 20.0. The van der Waals surface area contributed by atoms with Gasteiger partial charge in [0.25, 0.3) is 0 Å². The van der Waals surface area contributed by atoms with Gasteiger partial charge in [-0.1, -0.05) is 82.3 Å². The number of hydrogen-bond acceptors (Lipinski definition) is 3. The molecule has 0 N–H and O–H groups in total. The van der Waals surface area contributed by atoms with Crippen molar-refractivity contribution >= 4 is 23.2 Å². The van der Waals surface area contributed by atoms with Gasteiger partial charge in [0.2, 0.25) is 11.8 Å². The van der Waals surface area contributed by atoms with E-state index in [9.17, 15) is 9.59 Å². The standard InChI is InChI=1S/C26H38N2O2S/c1-3-5-6-7-8-12-17-25(29)27(18-4-2)22-26(30)28(21-24-16-13-19-31-24)20-23-14-10-9-11-15-23/h9-11,13-16,19H,3-8,12,17-18,20-22H2,1-2H3. The molecule has 2 amide bonds. The van der Waals surface area contributed by atoms with Gasteiger partial charge in [-0.15, -0.1) is 11.3 Å². The van der Waals surface area contributed by atoms with Gasteiger partial charge in [0.1, 0.15) is 0 Å². The quantitative estimate of drug-likeness (QED) is 0.305. The molecular formula is C26H38N2O2S. The molecule has 0 aliphatic heterocycles. The Labute approximate surface area is 192 Å². The lowest BCUT2D eigenvalue weighted by atomic mass is 10.1. The van der Waals surface area contributed by atoms with Crippen LogP contribution >= 0.6 is 11.3 Å². The molecule has 0 fully saturated rings. The van der Waals surface area contributed by atoms with Crippen molar-refractivity contribution in [2.75, 3.05) is 13.1 Å². The molecule has 0 aliphatic carbocycles. The van der Waals surface area contributed by atoms with Gasteiger partial charge in [-0.05, 0) is 29.9 Å². The molecule has 1 aromatic carbocycles. The van der Waals surface area contributed by atoms with E-state index in [-0.39, 0.29) is 18.4 Å². The van der Waals surface area contributed by atoms with Crippen molar-refractivity contribution in [1.29, 1.82) is 0 Å². The van der Waals surface area contributed by atoms with Crippen molar-refractivity contribution in [1.82, 2.24) is 9.80 Å². The molecule has 31 heavy (non-hydrogen) atoms. The van der Waals surface area contributed by atoms with Crippen LogP contribution in [-0.4, -0.2) is 34.7 Å². The number of benzene rings is 1. The molecule has 1 heterocycles. The Bertz CT molecular complexity index is 746. The van der Waals surface area contributed by atoms with Gasteiger partial charge in [-0.25, -0.2) is 0 Å². The minimum absolute atomic E-state index is 0.0157. The number of hydrogen-bond donors (Lipinski definition) is 0. The summed E-state index contributed by atoms with van der Waals surface area (Å²) in [5.41, 5.74) is 1.10. The molecule has 0 unspecified atom stereocenters. The van der Waals surface area contributed by atoms with E-state index < -0.39 is 0 Å². The zero-order valence-electron chi connectivity index (χ0n) is 19.2. The minimum atomic E-state index is 0.0157. The lowest BCUT2D eigenvalue weighted by Crippen LogP contribution is -2.42. The van der Waals surface area contributed by atoms with Crippen LogP contribution in [0.5, 0.6) is 0 Å². The first-order chi connectivity index (χ1) is 15.1. The van der Waals surface area contributed by atoms with Crippen molar-refractivity contribution < 1.29 is 9.59 Å². The average Bonchev–Trinajstić information content (AvgIpc) is 3.29. The van der Waals surface area contributed by atoms with Crippen LogP contribution < -0.4 is 0 Å². The van der Waals surface area contributed by atoms with Gasteiger partial charge in [-0.2, -0.15) is 0 Å². The summed E-state index contributed by atoms with van der Waals surface area (Å²) in [5, 5.41) is 2.04. The first-order valence-corrected chi connectivity index (χ1v) is 12.6. The Hall–Kier alpha value is -2.14. The number of nitrogens with zero attached hydrogens (tertiary/aromatic N) is 2.